The first-order chi connectivity index (χ1) is 12.5. The quantitative estimate of drug-likeness (QED) is 0.257. The summed E-state index contributed by atoms with van der Waals surface area (Å²) in [5, 5.41) is 7.10. The van der Waals surface area contributed by atoms with Crippen molar-refractivity contribution in [2.24, 2.45) is 5.73 Å². The van der Waals surface area contributed by atoms with Crippen LogP contribution in [0.5, 0.6) is 0 Å². The van der Waals surface area contributed by atoms with Gasteiger partial charge in [-0.3, -0.25) is 24.6 Å². The molecule has 152 valence electrons. The van der Waals surface area contributed by atoms with Crippen molar-refractivity contribution < 1.29 is 42.9 Å². The molecular weight excluding hydrogens is 384 g/mol. The fraction of sp³-hybridized carbons (Fsp3) is 0.667. The van der Waals surface area contributed by atoms with E-state index in [1.54, 1.807) is 0 Å². The maximum atomic E-state index is 11.6. The molecule has 0 unspecified atom stereocenters. The smallest absolute Gasteiger partial charge is 0.303 e. The largest absolute Gasteiger partial charge is 0.463 e. The second kappa shape index (κ2) is 10.1. The molecule has 27 heavy (non-hydrogen) atoms. The third-order valence-electron chi connectivity index (χ3n) is 3.19. The minimum Gasteiger partial charge on any atom is -0.463 e. The molecule has 3 N–H and O–H groups in total. The van der Waals surface area contributed by atoms with Crippen LogP contribution in [0, 0.1) is 5.41 Å². The van der Waals surface area contributed by atoms with Crippen LogP contribution in [0.15, 0.2) is 0 Å². The van der Waals surface area contributed by atoms with Crippen molar-refractivity contribution in [3.63, 3.8) is 0 Å². The van der Waals surface area contributed by atoms with Gasteiger partial charge in [-0.2, -0.15) is 0 Å². The number of ether oxygens (including phenoxy) is 5. The Balaban J connectivity index is 3.29. The van der Waals surface area contributed by atoms with Crippen LogP contribution in [-0.2, 0) is 42.9 Å². The van der Waals surface area contributed by atoms with Gasteiger partial charge in [-0.15, -0.1) is 0 Å². The number of amidine groups is 1. The molecule has 0 aliphatic carbocycles. The standard InChI is InChI=1S/C15H22N2O9S/c1-6(18)22-5-10-11(23-7(2)19)12(24-8(3)20)13(25-9(4)21)14(26-10)27-15(16)17/h10-14H,5H2,1-4H3,(H3,16,17)/t10-,11-,12+,13-,14+/m1/s1. The van der Waals surface area contributed by atoms with E-state index in [1.165, 1.54) is 6.92 Å². The van der Waals surface area contributed by atoms with E-state index >= 15 is 0 Å². The fourth-order valence-corrected chi connectivity index (χ4v) is 3.20. The predicted octanol–water partition coefficient (Wildman–Crippen LogP) is -0.304. The summed E-state index contributed by atoms with van der Waals surface area (Å²) in [6.07, 6.45) is -4.76. The maximum absolute atomic E-state index is 11.6. The van der Waals surface area contributed by atoms with Gasteiger partial charge in [-0.05, 0) is 0 Å². The number of nitrogens with one attached hydrogen (secondary N) is 1. The fourth-order valence-electron chi connectivity index (χ4n) is 2.41. The molecule has 5 atom stereocenters. The van der Waals surface area contributed by atoms with Gasteiger partial charge >= 0.3 is 23.9 Å². The van der Waals surface area contributed by atoms with Crippen LogP contribution >= 0.6 is 11.8 Å². The molecule has 1 fully saturated rings. The van der Waals surface area contributed by atoms with Crippen LogP contribution in [0.25, 0.3) is 0 Å². The Morgan fingerprint density at radius 1 is 0.889 bits per heavy atom. The molecule has 1 heterocycles. The lowest BCUT2D eigenvalue weighted by molar-refractivity contribution is -0.237. The lowest BCUT2D eigenvalue weighted by Gasteiger charge is -2.43. The first-order valence-electron chi connectivity index (χ1n) is 7.82. The van der Waals surface area contributed by atoms with Gasteiger partial charge in [0.1, 0.15) is 12.7 Å². The zero-order chi connectivity index (χ0) is 20.7. The molecule has 1 aliphatic heterocycles. The van der Waals surface area contributed by atoms with Gasteiger partial charge in [0.15, 0.2) is 28.9 Å². The number of hydrogen-bond acceptors (Lipinski definition) is 11. The number of hydrogen-bond donors (Lipinski definition) is 2. The van der Waals surface area contributed by atoms with Crippen LogP contribution < -0.4 is 5.73 Å². The summed E-state index contributed by atoms with van der Waals surface area (Å²) in [7, 11) is 0. The van der Waals surface area contributed by atoms with Gasteiger partial charge in [0, 0.05) is 27.7 Å². The van der Waals surface area contributed by atoms with E-state index in [1.807, 2.05) is 0 Å². The first kappa shape index (κ1) is 22.7. The zero-order valence-electron chi connectivity index (χ0n) is 15.3. The van der Waals surface area contributed by atoms with Crippen LogP contribution in [0.4, 0.5) is 0 Å². The lowest BCUT2D eigenvalue weighted by Crippen LogP contribution is -2.61. The van der Waals surface area contributed by atoms with E-state index in [0.29, 0.717) is 11.8 Å². The Kier molecular flexibility index (Phi) is 8.50. The molecule has 11 nitrogen and oxygen atoms in total. The van der Waals surface area contributed by atoms with Crippen LogP contribution in [-0.4, -0.2) is 65.5 Å². The highest BCUT2D eigenvalue weighted by molar-refractivity contribution is 8.14. The van der Waals surface area contributed by atoms with Crippen molar-refractivity contribution >= 4 is 40.8 Å². The number of thioether (sulfide) groups is 1. The topological polar surface area (TPSA) is 164 Å². The van der Waals surface area contributed by atoms with Gasteiger partial charge in [0.25, 0.3) is 0 Å². The second-order valence-electron chi connectivity index (χ2n) is 5.55. The average molecular weight is 406 g/mol. The number of carbonyl (C=O) groups excluding carboxylic acids is 4. The van der Waals surface area contributed by atoms with Crippen molar-refractivity contribution in [3.8, 4) is 0 Å². The van der Waals surface area contributed by atoms with E-state index in [9.17, 15) is 19.2 Å². The summed E-state index contributed by atoms with van der Waals surface area (Å²) in [6, 6.07) is 0. The van der Waals surface area contributed by atoms with Gasteiger partial charge in [0.2, 0.25) is 0 Å². The normalized spacial score (nSPS) is 27.2. The lowest BCUT2D eigenvalue weighted by atomic mass is 9.99. The third-order valence-corrected chi connectivity index (χ3v) is 4.06. The molecule has 1 rings (SSSR count). The molecule has 0 radical (unpaired) electrons. The van der Waals surface area contributed by atoms with Gasteiger partial charge in [0.05, 0.1) is 0 Å². The van der Waals surface area contributed by atoms with E-state index in [-0.39, 0.29) is 11.8 Å². The molecule has 0 amide bonds. The van der Waals surface area contributed by atoms with Crippen LogP contribution in [0.1, 0.15) is 27.7 Å². The van der Waals surface area contributed by atoms with Crippen molar-refractivity contribution in [2.75, 3.05) is 6.61 Å². The van der Waals surface area contributed by atoms with Crippen LogP contribution in [0.2, 0.25) is 0 Å². The molecular formula is C15H22N2O9S. The summed E-state index contributed by atoms with van der Waals surface area (Å²) >= 11 is 0.705. The molecule has 12 heteroatoms. The molecule has 0 aromatic rings. The molecule has 1 aliphatic rings. The third kappa shape index (κ3) is 7.43. The summed E-state index contributed by atoms with van der Waals surface area (Å²) in [4.78, 5) is 45.7. The summed E-state index contributed by atoms with van der Waals surface area (Å²) in [5.41, 5.74) is 4.33. The summed E-state index contributed by atoms with van der Waals surface area (Å²) in [5.74, 6) is -2.76. The van der Waals surface area contributed by atoms with E-state index in [2.05, 4.69) is 0 Å². The number of carbonyl (C=O) groups is 4. The first-order valence-corrected chi connectivity index (χ1v) is 8.70. The SMILES string of the molecule is CC(=O)OC[C@H]1O[C@@H](SC(=N)N)[C@H](OC(C)=O)[C@@H](OC(C)=O)[C@@H]1OC(C)=O. The van der Waals surface area contributed by atoms with Gasteiger partial charge in [-0.1, -0.05) is 11.8 Å². The highest BCUT2D eigenvalue weighted by atomic mass is 32.2. The summed E-state index contributed by atoms with van der Waals surface area (Å²) < 4.78 is 26.2. The molecule has 0 aromatic carbocycles. The molecule has 0 bridgehead atoms. The Morgan fingerprint density at radius 2 is 1.37 bits per heavy atom. The van der Waals surface area contributed by atoms with E-state index in [0.717, 1.165) is 20.8 Å². The molecule has 0 spiro atoms. The highest BCUT2D eigenvalue weighted by Crippen LogP contribution is 2.34. The van der Waals surface area contributed by atoms with Crippen molar-refractivity contribution in [1.82, 2.24) is 0 Å². The number of esters is 4. The Bertz CT molecular complexity index is 612. The van der Waals surface area contributed by atoms with E-state index < -0.39 is 53.7 Å². The monoisotopic (exact) mass is 406 g/mol. The molecule has 1 saturated heterocycles. The Hall–Kier alpha value is -2.34. The van der Waals surface area contributed by atoms with E-state index in [4.69, 9.17) is 34.8 Å². The minimum absolute atomic E-state index is 0.327. The minimum atomic E-state index is -1.26. The predicted molar refractivity (Wildman–Crippen MR) is 91.5 cm³/mol. The Labute approximate surface area is 159 Å². The van der Waals surface area contributed by atoms with Crippen molar-refractivity contribution in [1.29, 1.82) is 5.41 Å². The van der Waals surface area contributed by atoms with Crippen molar-refractivity contribution in [2.45, 2.75) is 57.5 Å². The van der Waals surface area contributed by atoms with Crippen LogP contribution in [0.3, 0.4) is 0 Å². The Morgan fingerprint density at radius 3 is 1.81 bits per heavy atom. The highest BCUT2D eigenvalue weighted by Gasteiger charge is 2.52. The van der Waals surface area contributed by atoms with Crippen molar-refractivity contribution in [3.05, 3.63) is 0 Å². The summed E-state index contributed by atoms with van der Waals surface area (Å²) in [6.45, 7) is 4.24. The number of nitrogens with two attached hydrogens (primary N) is 1. The van der Waals surface area contributed by atoms with Gasteiger partial charge in [-0.25, -0.2) is 0 Å². The molecule has 0 aromatic heterocycles. The van der Waals surface area contributed by atoms with Gasteiger partial charge < -0.3 is 29.4 Å². The molecule has 0 saturated carbocycles. The number of rotatable bonds is 6. The zero-order valence-corrected chi connectivity index (χ0v) is 16.1. The average Bonchev–Trinajstić information content (AvgIpc) is 2.49. The second-order valence-corrected chi connectivity index (χ2v) is 6.69. The maximum Gasteiger partial charge on any atom is 0.303 e.